The number of ether oxygens (including phenoxy) is 2. The number of halogens is 3. The molecule has 0 spiro atoms. The van der Waals surface area contributed by atoms with Gasteiger partial charge < -0.3 is 24.5 Å². The van der Waals surface area contributed by atoms with Crippen LogP contribution >= 0.6 is 0 Å². The van der Waals surface area contributed by atoms with Crippen molar-refractivity contribution in [1.29, 1.82) is 0 Å². The molecule has 2 N–H and O–H groups in total. The highest BCUT2D eigenvalue weighted by atomic mass is 19.4. The van der Waals surface area contributed by atoms with Gasteiger partial charge in [-0.2, -0.15) is 13.2 Å². The van der Waals surface area contributed by atoms with E-state index >= 15 is 0 Å². The van der Waals surface area contributed by atoms with Gasteiger partial charge >= 0.3 is 6.18 Å². The van der Waals surface area contributed by atoms with Crippen LogP contribution < -0.4 is 9.47 Å². The largest absolute Gasteiger partial charge is 0.493 e. The van der Waals surface area contributed by atoms with Gasteiger partial charge in [0.15, 0.2) is 11.5 Å². The number of aliphatic hydroxyl groups excluding tert-OH is 1. The first kappa shape index (κ1) is 25.9. The molecule has 1 aromatic heterocycles. The van der Waals surface area contributed by atoms with Gasteiger partial charge in [0.05, 0.1) is 38.9 Å². The number of carbonyl (C=O) groups is 1. The third-order valence-corrected chi connectivity index (χ3v) is 6.77. The highest BCUT2D eigenvalue weighted by Gasteiger charge is 2.32. The maximum atomic E-state index is 13.7. The predicted octanol–water partition coefficient (Wildman–Crippen LogP) is 5.43. The highest BCUT2D eigenvalue weighted by Crippen LogP contribution is 2.40. The van der Waals surface area contributed by atoms with E-state index < -0.39 is 18.7 Å². The second kappa shape index (κ2) is 10.4. The summed E-state index contributed by atoms with van der Waals surface area (Å²) in [5.74, 6) is 0.999. The van der Waals surface area contributed by atoms with Crippen LogP contribution in [0.4, 0.5) is 13.2 Å². The fourth-order valence-electron chi connectivity index (χ4n) is 4.99. The van der Waals surface area contributed by atoms with Gasteiger partial charge in [0.25, 0.3) is 0 Å². The van der Waals surface area contributed by atoms with Gasteiger partial charge in [-0.15, -0.1) is 0 Å². The maximum Gasteiger partial charge on any atom is 0.393 e. The summed E-state index contributed by atoms with van der Waals surface area (Å²) < 4.78 is 51.6. The number of hydrogen-bond donors (Lipinski definition) is 2. The minimum atomic E-state index is -4.38. The van der Waals surface area contributed by atoms with Gasteiger partial charge in [-0.25, -0.2) is 0 Å². The summed E-state index contributed by atoms with van der Waals surface area (Å²) in [6.07, 6.45) is -4.59. The molecule has 1 saturated heterocycles. The predicted molar refractivity (Wildman–Crippen MR) is 131 cm³/mol. The third-order valence-electron chi connectivity index (χ3n) is 6.77. The van der Waals surface area contributed by atoms with Gasteiger partial charge in [0.2, 0.25) is 5.91 Å². The van der Waals surface area contributed by atoms with E-state index in [1.165, 1.54) is 14.2 Å². The summed E-state index contributed by atoms with van der Waals surface area (Å²) in [5.41, 5.74) is 2.77. The zero-order valence-electron chi connectivity index (χ0n) is 20.6. The normalized spacial score (nSPS) is 15.8. The number of rotatable bonds is 7. The average Bonchev–Trinajstić information content (AvgIpc) is 3.19. The number of methoxy groups -OCH3 is 2. The molecular weight excluding hydrogens is 473 g/mol. The summed E-state index contributed by atoms with van der Waals surface area (Å²) in [5, 5.41) is 10.0. The number of benzene rings is 2. The average molecular weight is 505 g/mol. The van der Waals surface area contributed by atoms with Crippen LogP contribution in [-0.2, 0) is 11.2 Å². The number of aliphatic hydroxyl groups is 1. The lowest BCUT2D eigenvalue weighted by Crippen LogP contribution is -2.39. The molecule has 1 aliphatic rings. The first-order valence-corrected chi connectivity index (χ1v) is 12.0. The molecule has 4 rings (SSSR count). The number of aromatic amines is 1. The zero-order valence-corrected chi connectivity index (χ0v) is 20.6. The van der Waals surface area contributed by atoms with Crippen molar-refractivity contribution in [3.8, 4) is 22.8 Å². The van der Waals surface area contributed by atoms with Crippen LogP contribution in [0.15, 0.2) is 36.4 Å². The first-order chi connectivity index (χ1) is 17.1. The summed E-state index contributed by atoms with van der Waals surface area (Å²) in [6.45, 7) is 2.72. The molecule has 36 heavy (non-hydrogen) atoms. The Balaban J connectivity index is 1.67. The fraction of sp³-hybridized carbons (Fsp3) is 0.444. The van der Waals surface area contributed by atoms with Crippen LogP contribution in [0.25, 0.3) is 22.2 Å². The number of amides is 1. The molecule has 2 heterocycles. The number of nitrogens with one attached hydrogen (secondary N) is 1. The smallest absolute Gasteiger partial charge is 0.393 e. The molecule has 1 aliphatic heterocycles. The van der Waals surface area contributed by atoms with Crippen molar-refractivity contribution in [3.05, 3.63) is 47.5 Å². The van der Waals surface area contributed by atoms with Crippen molar-refractivity contribution in [1.82, 2.24) is 9.88 Å². The van der Waals surface area contributed by atoms with E-state index in [4.69, 9.17) is 9.47 Å². The lowest BCUT2D eigenvalue weighted by molar-refractivity contribution is -0.134. The van der Waals surface area contributed by atoms with Crippen LogP contribution in [0, 0.1) is 0 Å². The van der Waals surface area contributed by atoms with Gasteiger partial charge in [-0.3, -0.25) is 4.79 Å². The van der Waals surface area contributed by atoms with E-state index in [0.29, 0.717) is 46.7 Å². The summed E-state index contributed by atoms with van der Waals surface area (Å²) >= 11 is 0. The number of aromatic nitrogens is 1. The monoisotopic (exact) mass is 504 g/mol. The van der Waals surface area contributed by atoms with Gasteiger partial charge in [-0.1, -0.05) is 6.07 Å². The number of alkyl halides is 3. The molecule has 2 aromatic carbocycles. The number of piperidine rings is 1. The van der Waals surface area contributed by atoms with Crippen LogP contribution in [0.2, 0.25) is 0 Å². The number of fused-ring (bicyclic) bond motifs is 1. The molecule has 0 aliphatic carbocycles. The highest BCUT2D eigenvalue weighted by molar-refractivity contribution is 5.92. The molecular formula is C27H31F3N2O4. The number of likely N-dealkylation sites (tertiary alicyclic amines) is 1. The van der Waals surface area contributed by atoms with Gasteiger partial charge in [-0.05, 0) is 67.1 Å². The Bertz CT molecular complexity index is 1230. The minimum absolute atomic E-state index is 0.0726. The minimum Gasteiger partial charge on any atom is -0.493 e. The molecule has 194 valence electrons. The molecule has 1 unspecified atom stereocenters. The van der Waals surface area contributed by atoms with E-state index in [1.54, 1.807) is 30.0 Å². The van der Waals surface area contributed by atoms with Crippen molar-refractivity contribution in [2.24, 2.45) is 0 Å². The van der Waals surface area contributed by atoms with Crippen molar-refractivity contribution >= 4 is 16.8 Å². The lowest BCUT2D eigenvalue weighted by Gasteiger charge is -2.32. The molecule has 6 nitrogen and oxygen atoms in total. The SMILES string of the molecule is COc1ccc(-c2[nH]c3ccc(C4CCN(C(=O)CC(C)O)CC4)cc3c2CC(F)(F)F)cc1OC. The summed E-state index contributed by atoms with van der Waals surface area (Å²) in [7, 11) is 2.99. The molecule has 3 aromatic rings. The zero-order chi connectivity index (χ0) is 26.0. The Kier molecular flexibility index (Phi) is 7.49. The number of carbonyl (C=O) groups excluding carboxylic acids is 1. The second-order valence-electron chi connectivity index (χ2n) is 9.35. The lowest BCUT2D eigenvalue weighted by atomic mass is 9.88. The first-order valence-electron chi connectivity index (χ1n) is 12.0. The Morgan fingerprint density at radius 2 is 1.81 bits per heavy atom. The topological polar surface area (TPSA) is 74.8 Å². The van der Waals surface area contributed by atoms with Crippen molar-refractivity contribution in [2.45, 2.75) is 50.8 Å². The number of hydrogen-bond acceptors (Lipinski definition) is 4. The van der Waals surface area contributed by atoms with E-state index in [0.717, 1.165) is 18.4 Å². The maximum absolute atomic E-state index is 13.7. The number of nitrogens with zero attached hydrogens (tertiary/aromatic N) is 1. The molecule has 0 saturated carbocycles. The molecule has 0 radical (unpaired) electrons. The third kappa shape index (κ3) is 5.61. The Hall–Kier alpha value is -3.20. The Morgan fingerprint density at radius 1 is 1.11 bits per heavy atom. The van der Waals surface area contributed by atoms with Crippen molar-refractivity contribution in [3.63, 3.8) is 0 Å². The van der Waals surface area contributed by atoms with Gasteiger partial charge in [0.1, 0.15) is 0 Å². The molecule has 1 amide bonds. The van der Waals surface area contributed by atoms with Crippen LogP contribution in [0.1, 0.15) is 43.2 Å². The Morgan fingerprint density at radius 3 is 2.42 bits per heavy atom. The summed E-state index contributed by atoms with van der Waals surface area (Å²) in [4.78, 5) is 17.2. The standard InChI is InChI=1S/C27H31F3N2O4/c1-16(33)12-25(34)32-10-8-17(9-11-32)18-4-6-22-20(13-18)21(15-27(28,29)30)26(31-22)19-5-7-23(35-2)24(14-19)36-3/h4-7,13-14,16-17,31,33H,8-12,15H2,1-3H3. The van der Waals surface area contributed by atoms with Gasteiger partial charge in [0, 0.05) is 29.6 Å². The van der Waals surface area contributed by atoms with E-state index in [9.17, 15) is 23.1 Å². The molecule has 1 atom stereocenters. The van der Waals surface area contributed by atoms with E-state index in [1.807, 2.05) is 18.2 Å². The fourth-order valence-corrected chi connectivity index (χ4v) is 4.99. The van der Waals surface area contributed by atoms with Crippen LogP contribution in [0.3, 0.4) is 0 Å². The molecule has 1 fully saturated rings. The van der Waals surface area contributed by atoms with Crippen molar-refractivity contribution in [2.75, 3.05) is 27.3 Å². The van der Waals surface area contributed by atoms with E-state index in [2.05, 4.69) is 4.98 Å². The molecule has 9 heteroatoms. The van der Waals surface area contributed by atoms with Crippen molar-refractivity contribution < 1.29 is 32.5 Å². The van der Waals surface area contributed by atoms with Crippen LogP contribution in [-0.4, -0.2) is 60.5 Å². The quantitative estimate of drug-likeness (QED) is 0.450. The molecule has 0 bridgehead atoms. The van der Waals surface area contributed by atoms with Crippen LogP contribution in [0.5, 0.6) is 11.5 Å². The number of H-pyrrole nitrogens is 1. The van der Waals surface area contributed by atoms with E-state index in [-0.39, 0.29) is 23.8 Å². The Labute approximate surface area is 208 Å². The summed E-state index contributed by atoms with van der Waals surface area (Å²) in [6, 6.07) is 10.7. The second-order valence-corrected chi connectivity index (χ2v) is 9.35.